The van der Waals surface area contributed by atoms with Gasteiger partial charge < -0.3 is 14.8 Å². The molecule has 0 saturated carbocycles. The fourth-order valence-corrected chi connectivity index (χ4v) is 2.26. The Morgan fingerprint density at radius 3 is 2.89 bits per heavy atom. The minimum atomic E-state index is 0. The molecular weight excluding hydrogens is 318 g/mol. The van der Waals surface area contributed by atoms with E-state index >= 15 is 0 Å². The topological polar surface area (TPSA) is 30.5 Å². The number of halogens is 2. The Labute approximate surface area is 124 Å². The average molecular weight is 337 g/mol. The van der Waals surface area contributed by atoms with Crippen molar-refractivity contribution in [2.75, 3.05) is 20.2 Å². The van der Waals surface area contributed by atoms with Crippen molar-refractivity contribution in [3.63, 3.8) is 0 Å². The van der Waals surface area contributed by atoms with E-state index in [9.17, 15) is 0 Å². The van der Waals surface area contributed by atoms with Crippen LogP contribution in [0.5, 0.6) is 5.75 Å². The maximum absolute atomic E-state index is 6.06. The van der Waals surface area contributed by atoms with Crippen LogP contribution in [-0.4, -0.2) is 26.3 Å². The van der Waals surface area contributed by atoms with Gasteiger partial charge in [0.05, 0.1) is 24.8 Å². The van der Waals surface area contributed by atoms with Gasteiger partial charge >= 0.3 is 0 Å². The molecule has 1 aliphatic heterocycles. The molecule has 1 aliphatic rings. The molecule has 0 amide bonds. The molecule has 18 heavy (non-hydrogen) atoms. The van der Waals surface area contributed by atoms with Crippen molar-refractivity contribution in [3.8, 4) is 5.75 Å². The van der Waals surface area contributed by atoms with Gasteiger partial charge in [0.2, 0.25) is 0 Å². The molecule has 1 unspecified atom stereocenters. The Morgan fingerprint density at radius 1 is 1.44 bits per heavy atom. The lowest BCUT2D eigenvalue weighted by molar-refractivity contribution is 0.0253. The summed E-state index contributed by atoms with van der Waals surface area (Å²) in [6, 6.07) is 5.76. The van der Waals surface area contributed by atoms with Gasteiger partial charge in [0.1, 0.15) is 5.75 Å². The molecule has 1 heterocycles. The molecule has 102 valence electrons. The Bertz CT molecular complexity index is 370. The molecule has 3 nitrogen and oxygen atoms in total. The first-order chi connectivity index (χ1) is 8.29. The smallest absolute Gasteiger partial charge is 0.137 e. The molecule has 0 aliphatic carbocycles. The third-order valence-corrected chi connectivity index (χ3v) is 3.25. The zero-order chi connectivity index (χ0) is 12.1. The standard InChI is InChI=1S/C13H18ClNO2.BrH/c1-16-13-5-4-10(7-12(13)14)9-17-11-3-2-6-15-8-11;/h4-5,7,11,15H,2-3,6,8-9H2,1H3;1H. The summed E-state index contributed by atoms with van der Waals surface area (Å²) in [5.74, 6) is 0.703. The first-order valence-corrected chi connectivity index (χ1v) is 6.32. The molecule has 0 radical (unpaired) electrons. The number of piperidine rings is 1. The van der Waals surface area contributed by atoms with Crippen molar-refractivity contribution < 1.29 is 9.47 Å². The second-order valence-electron chi connectivity index (χ2n) is 4.25. The third-order valence-electron chi connectivity index (χ3n) is 2.95. The Kier molecular flexibility index (Phi) is 7.00. The summed E-state index contributed by atoms with van der Waals surface area (Å²) in [4.78, 5) is 0. The molecular formula is C13H19BrClNO2. The molecule has 1 N–H and O–H groups in total. The molecule has 0 aromatic heterocycles. The molecule has 1 fully saturated rings. The molecule has 0 spiro atoms. The van der Waals surface area contributed by atoms with E-state index in [1.165, 1.54) is 6.42 Å². The largest absolute Gasteiger partial charge is 0.495 e. The van der Waals surface area contributed by atoms with E-state index in [4.69, 9.17) is 21.1 Å². The van der Waals surface area contributed by atoms with Crippen LogP contribution in [0.3, 0.4) is 0 Å². The van der Waals surface area contributed by atoms with E-state index < -0.39 is 0 Å². The molecule has 1 atom stereocenters. The van der Waals surface area contributed by atoms with Gasteiger partial charge in [0.15, 0.2) is 0 Å². The van der Waals surface area contributed by atoms with Crippen molar-refractivity contribution in [2.24, 2.45) is 0 Å². The second-order valence-corrected chi connectivity index (χ2v) is 4.66. The van der Waals surface area contributed by atoms with Gasteiger partial charge in [-0.25, -0.2) is 0 Å². The summed E-state index contributed by atoms with van der Waals surface area (Å²) >= 11 is 6.06. The van der Waals surface area contributed by atoms with E-state index in [0.717, 1.165) is 25.1 Å². The summed E-state index contributed by atoms with van der Waals surface area (Å²) in [5, 5.41) is 3.96. The van der Waals surface area contributed by atoms with Crippen LogP contribution in [0, 0.1) is 0 Å². The first-order valence-electron chi connectivity index (χ1n) is 5.94. The lowest BCUT2D eigenvalue weighted by Gasteiger charge is -2.23. The van der Waals surface area contributed by atoms with E-state index in [0.29, 0.717) is 23.5 Å². The van der Waals surface area contributed by atoms with E-state index in [-0.39, 0.29) is 17.0 Å². The Morgan fingerprint density at radius 2 is 2.28 bits per heavy atom. The zero-order valence-electron chi connectivity index (χ0n) is 10.4. The molecule has 0 bridgehead atoms. The first kappa shape index (κ1) is 15.8. The van der Waals surface area contributed by atoms with Gasteiger partial charge in [-0.05, 0) is 37.1 Å². The highest BCUT2D eigenvalue weighted by Crippen LogP contribution is 2.25. The van der Waals surface area contributed by atoms with Gasteiger partial charge in [-0.2, -0.15) is 0 Å². The number of benzene rings is 1. The van der Waals surface area contributed by atoms with Crippen LogP contribution in [-0.2, 0) is 11.3 Å². The molecule has 1 saturated heterocycles. The number of hydrogen-bond donors (Lipinski definition) is 1. The van der Waals surface area contributed by atoms with Gasteiger partial charge in [0, 0.05) is 6.54 Å². The summed E-state index contributed by atoms with van der Waals surface area (Å²) in [7, 11) is 1.62. The quantitative estimate of drug-likeness (QED) is 0.916. The highest BCUT2D eigenvalue weighted by molar-refractivity contribution is 8.93. The van der Waals surface area contributed by atoms with E-state index in [2.05, 4.69) is 5.32 Å². The lowest BCUT2D eigenvalue weighted by atomic mass is 10.1. The second kappa shape index (κ2) is 8.00. The number of hydrogen-bond acceptors (Lipinski definition) is 3. The van der Waals surface area contributed by atoms with Crippen LogP contribution in [0.4, 0.5) is 0 Å². The van der Waals surface area contributed by atoms with Crippen molar-refractivity contribution in [1.29, 1.82) is 0 Å². The monoisotopic (exact) mass is 335 g/mol. The number of methoxy groups -OCH3 is 1. The number of rotatable bonds is 4. The SMILES string of the molecule is Br.COc1ccc(COC2CCCNC2)cc1Cl. The average Bonchev–Trinajstić information content (AvgIpc) is 2.38. The molecule has 5 heteroatoms. The predicted octanol–water partition coefficient (Wildman–Crippen LogP) is 3.20. The molecule has 1 aromatic rings. The highest BCUT2D eigenvalue weighted by Gasteiger charge is 2.13. The fraction of sp³-hybridized carbons (Fsp3) is 0.538. The van der Waals surface area contributed by atoms with Gasteiger partial charge in [0.25, 0.3) is 0 Å². The van der Waals surface area contributed by atoms with Crippen LogP contribution >= 0.6 is 28.6 Å². The Hall–Kier alpha value is -0.290. The van der Waals surface area contributed by atoms with Crippen LogP contribution in [0.2, 0.25) is 5.02 Å². The van der Waals surface area contributed by atoms with Crippen LogP contribution in [0.25, 0.3) is 0 Å². The van der Waals surface area contributed by atoms with Crippen molar-refractivity contribution in [2.45, 2.75) is 25.6 Å². The van der Waals surface area contributed by atoms with Crippen molar-refractivity contribution in [3.05, 3.63) is 28.8 Å². The highest BCUT2D eigenvalue weighted by atomic mass is 79.9. The van der Waals surface area contributed by atoms with Gasteiger partial charge in [-0.3, -0.25) is 0 Å². The number of ether oxygens (including phenoxy) is 2. The van der Waals surface area contributed by atoms with Crippen LogP contribution < -0.4 is 10.1 Å². The van der Waals surface area contributed by atoms with Gasteiger partial charge in [-0.15, -0.1) is 17.0 Å². The molecule has 2 rings (SSSR count). The zero-order valence-corrected chi connectivity index (χ0v) is 12.9. The lowest BCUT2D eigenvalue weighted by Crippen LogP contribution is -2.35. The summed E-state index contributed by atoms with van der Waals surface area (Å²) < 4.78 is 10.9. The minimum Gasteiger partial charge on any atom is -0.495 e. The number of nitrogens with one attached hydrogen (secondary N) is 1. The van der Waals surface area contributed by atoms with E-state index in [1.54, 1.807) is 7.11 Å². The normalized spacial score (nSPS) is 19.1. The third kappa shape index (κ3) is 4.43. The van der Waals surface area contributed by atoms with Crippen molar-refractivity contribution in [1.82, 2.24) is 5.32 Å². The van der Waals surface area contributed by atoms with Crippen LogP contribution in [0.1, 0.15) is 18.4 Å². The summed E-state index contributed by atoms with van der Waals surface area (Å²) in [6.07, 6.45) is 2.65. The minimum absolute atomic E-state index is 0. The summed E-state index contributed by atoms with van der Waals surface area (Å²) in [5.41, 5.74) is 1.08. The predicted molar refractivity (Wildman–Crippen MR) is 79.0 cm³/mol. The maximum atomic E-state index is 6.06. The maximum Gasteiger partial charge on any atom is 0.137 e. The summed E-state index contributed by atoms with van der Waals surface area (Å²) in [6.45, 7) is 2.66. The van der Waals surface area contributed by atoms with E-state index in [1.807, 2.05) is 18.2 Å². The fourth-order valence-electron chi connectivity index (χ4n) is 1.98. The Balaban J connectivity index is 0.00000162. The molecule has 1 aromatic carbocycles. The van der Waals surface area contributed by atoms with Crippen molar-refractivity contribution >= 4 is 28.6 Å². The van der Waals surface area contributed by atoms with Gasteiger partial charge in [-0.1, -0.05) is 17.7 Å². The van der Waals surface area contributed by atoms with Crippen LogP contribution in [0.15, 0.2) is 18.2 Å².